The van der Waals surface area contributed by atoms with E-state index in [1.165, 1.54) is 0 Å². The van der Waals surface area contributed by atoms with Crippen molar-refractivity contribution in [1.29, 1.82) is 0 Å². The van der Waals surface area contributed by atoms with Gasteiger partial charge in [-0.25, -0.2) is 0 Å². The second kappa shape index (κ2) is 7.78. The van der Waals surface area contributed by atoms with Crippen molar-refractivity contribution >= 4 is 17.4 Å². The minimum atomic E-state index is 0.116. The van der Waals surface area contributed by atoms with Crippen LogP contribution in [0.4, 0.5) is 0 Å². The molecule has 1 aliphatic heterocycles. The van der Waals surface area contributed by atoms with Gasteiger partial charge in [0.2, 0.25) is 0 Å². The van der Waals surface area contributed by atoms with Crippen LogP contribution in [0, 0.1) is 0 Å². The molecular weight excluding hydrogens is 288 g/mol. The third-order valence-corrected chi connectivity index (χ3v) is 4.13. The summed E-state index contributed by atoms with van der Waals surface area (Å²) >= 11 is 6.14. The fourth-order valence-electron chi connectivity index (χ4n) is 2.50. The molecule has 1 fully saturated rings. The van der Waals surface area contributed by atoms with Crippen LogP contribution in [0.5, 0.6) is 5.75 Å². The molecule has 0 atom stereocenters. The number of benzene rings is 1. The van der Waals surface area contributed by atoms with E-state index in [0.717, 1.165) is 32.7 Å². The van der Waals surface area contributed by atoms with Crippen molar-refractivity contribution in [2.45, 2.75) is 13.8 Å². The van der Waals surface area contributed by atoms with Crippen molar-refractivity contribution in [2.24, 2.45) is 0 Å². The molecule has 0 unspecified atom stereocenters. The van der Waals surface area contributed by atoms with Gasteiger partial charge in [-0.2, -0.15) is 0 Å². The Hall–Kier alpha value is -1.10. The van der Waals surface area contributed by atoms with Crippen LogP contribution in [0.25, 0.3) is 0 Å². The van der Waals surface area contributed by atoms with E-state index in [0.29, 0.717) is 29.5 Å². The summed E-state index contributed by atoms with van der Waals surface area (Å²) in [6, 6.07) is 5.27. The van der Waals surface area contributed by atoms with Crippen molar-refractivity contribution in [3.05, 3.63) is 28.8 Å². The number of hydrogen-bond acceptors (Lipinski definition) is 4. The van der Waals surface area contributed by atoms with Crippen molar-refractivity contribution < 1.29 is 9.53 Å². The number of halogens is 1. The first-order valence-corrected chi connectivity index (χ1v) is 7.92. The molecule has 0 radical (unpaired) electrons. The molecule has 0 amide bonds. The molecule has 0 bridgehead atoms. The quantitative estimate of drug-likeness (QED) is 0.756. The third kappa shape index (κ3) is 4.43. The minimum Gasteiger partial charge on any atom is -0.492 e. The summed E-state index contributed by atoms with van der Waals surface area (Å²) in [6.07, 6.45) is 0. The van der Waals surface area contributed by atoms with Crippen molar-refractivity contribution in [1.82, 2.24) is 9.80 Å². The number of carbonyl (C=O) groups excluding carboxylic acids is 1. The Morgan fingerprint density at radius 1 is 1.19 bits per heavy atom. The second-order valence-electron chi connectivity index (χ2n) is 5.21. The monoisotopic (exact) mass is 310 g/mol. The summed E-state index contributed by atoms with van der Waals surface area (Å²) in [4.78, 5) is 16.9. The number of piperazine rings is 1. The van der Waals surface area contributed by atoms with E-state index in [4.69, 9.17) is 16.3 Å². The van der Waals surface area contributed by atoms with Crippen LogP contribution >= 0.6 is 11.6 Å². The normalized spacial score (nSPS) is 16.9. The largest absolute Gasteiger partial charge is 0.492 e. The van der Waals surface area contributed by atoms with Gasteiger partial charge in [0.05, 0.1) is 18.2 Å². The van der Waals surface area contributed by atoms with Gasteiger partial charge in [0.15, 0.2) is 5.78 Å². The first-order chi connectivity index (χ1) is 10.1. The highest BCUT2D eigenvalue weighted by molar-refractivity contribution is 6.32. The smallest absolute Gasteiger partial charge is 0.176 e. The lowest BCUT2D eigenvalue weighted by molar-refractivity contribution is 0.0859. The maximum atomic E-state index is 12.3. The summed E-state index contributed by atoms with van der Waals surface area (Å²) in [6.45, 7) is 10.2. The van der Waals surface area contributed by atoms with Gasteiger partial charge in [0.25, 0.3) is 0 Å². The van der Waals surface area contributed by atoms with Gasteiger partial charge in [-0.1, -0.05) is 18.5 Å². The predicted molar refractivity (Wildman–Crippen MR) is 85.5 cm³/mol. The lowest BCUT2D eigenvalue weighted by Gasteiger charge is -2.33. The molecule has 1 aliphatic rings. The Morgan fingerprint density at radius 3 is 2.43 bits per heavy atom. The van der Waals surface area contributed by atoms with E-state index >= 15 is 0 Å². The van der Waals surface area contributed by atoms with Gasteiger partial charge in [-0.05, 0) is 31.7 Å². The van der Waals surface area contributed by atoms with Crippen LogP contribution in [-0.4, -0.2) is 61.5 Å². The SMILES string of the molecule is CCOc1ccc(C(=O)CN2CCN(CC)CC2)cc1Cl. The zero-order chi connectivity index (χ0) is 15.2. The molecule has 5 heteroatoms. The highest BCUT2D eigenvalue weighted by Gasteiger charge is 2.19. The molecule has 0 aromatic heterocycles. The number of carbonyl (C=O) groups is 1. The molecule has 0 N–H and O–H groups in total. The molecule has 4 nitrogen and oxygen atoms in total. The predicted octanol–water partition coefficient (Wildman–Crippen LogP) is 2.56. The molecule has 21 heavy (non-hydrogen) atoms. The fraction of sp³-hybridized carbons (Fsp3) is 0.562. The minimum absolute atomic E-state index is 0.116. The standard InChI is InChI=1S/C16H23ClN2O2/c1-3-18-7-9-19(10-8-18)12-15(20)13-5-6-16(21-4-2)14(17)11-13/h5-6,11H,3-4,7-10,12H2,1-2H3. The van der Waals surface area contributed by atoms with E-state index in [1.54, 1.807) is 18.2 Å². The van der Waals surface area contributed by atoms with E-state index < -0.39 is 0 Å². The van der Waals surface area contributed by atoms with Crippen LogP contribution in [0.15, 0.2) is 18.2 Å². The number of ketones is 1. The van der Waals surface area contributed by atoms with Gasteiger partial charge < -0.3 is 9.64 Å². The van der Waals surface area contributed by atoms with Crippen LogP contribution in [0.2, 0.25) is 5.02 Å². The maximum Gasteiger partial charge on any atom is 0.176 e. The summed E-state index contributed by atoms with van der Waals surface area (Å²) in [5.74, 6) is 0.747. The fourth-order valence-corrected chi connectivity index (χ4v) is 2.74. The van der Waals surface area contributed by atoms with Gasteiger partial charge in [-0.3, -0.25) is 9.69 Å². The number of likely N-dealkylation sites (N-methyl/N-ethyl adjacent to an activating group) is 1. The van der Waals surface area contributed by atoms with Crippen LogP contribution in [0.1, 0.15) is 24.2 Å². The summed E-state index contributed by atoms with van der Waals surface area (Å²) in [7, 11) is 0. The summed E-state index contributed by atoms with van der Waals surface area (Å²) < 4.78 is 5.39. The molecular formula is C16H23ClN2O2. The number of Topliss-reactive ketones (excluding diaryl/α,β-unsaturated/α-hetero) is 1. The molecule has 1 aromatic rings. The van der Waals surface area contributed by atoms with Gasteiger partial charge in [0.1, 0.15) is 5.75 Å². The molecule has 1 heterocycles. The highest BCUT2D eigenvalue weighted by atomic mass is 35.5. The van der Waals surface area contributed by atoms with E-state index in [-0.39, 0.29) is 5.78 Å². The second-order valence-corrected chi connectivity index (χ2v) is 5.62. The molecule has 116 valence electrons. The van der Waals surface area contributed by atoms with Crippen molar-refractivity contribution in [3.8, 4) is 5.75 Å². The van der Waals surface area contributed by atoms with Crippen LogP contribution in [-0.2, 0) is 0 Å². The lowest BCUT2D eigenvalue weighted by Crippen LogP contribution is -2.47. The van der Waals surface area contributed by atoms with E-state index in [2.05, 4.69) is 16.7 Å². The number of rotatable bonds is 6. The molecule has 1 aromatic carbocycles. The lowest BCUT2D eigenvalue weighted by atomic mass is 10.1. The third-order valence-electron chi connectivity index (χ3n) is 3.83. The molecule has 0 aliphatic carbocycles. The van der Waals surface area contributed by atoms with Gasteiger partial charge in [0, 0.05) is 31.7 Å². The average Bonchev–Trinajstić information content (AvgIpc) is 2.50. The van der Waals surface area contributed by atoms with Gasteiger partial charge >= 0.3 is 0 Å². The number of hydrogen-bond donors (Lipinski definition) is 0. The van der Waals surface area contributed by atoms with Crippen molar-refractivity contribution in [3.63, 3.8) is 0 Å². The number of ether oxygens (including phenoxy) is 1. The molecule has 2 rings (SSSR count). The average molecular weight is 311 g/mol. The Labute approximate surface area is 131 Å². The molecule has 1 saturated heterocycles. The maximum absolute atomic E-state index is 12.3. The zero-order valence-corrected chi connectivity index (χ0v) is 13.5. The summed E-state index contributed by atoms with van der Waals surface area (Å²) in [5, 5.41) is 0.499. The van der Waals surface area contributed by atoms with Crippen LogP contribution in [0.3, 0.4) is 0 Å². The first kappa shape index (κ1) is 16.3. The Bertz CT molecular complexity index is 485. The highest BCUT2D eigenvalue weighted by Crippen LogP contribution is 2.25. The van der Waals surface area contributed by atoms with E-state index in [9.17, 15) is 4.79 Å². The Balaban J connectivity index is 1.93. The van der Waals surface area contributed by atoms with E-state index in [1.807, 2.05) is 6.92 Å². The van der Waals surface area contributed by atoms with Crippen LogP contribution < -0.4 is 4.74 Å². The summed E-state index contributed by atoms with van der Waals surface area (Å²) in [5.41, 5.74) is 0.654. The topological polar surface area (TPSA) is 32.8 Å². The Morgan fingerprint density at radius 2 is 1.86 bits per heavy atom. The zero-order valence-electron chi connectivity index (χ0n) is 12.8. The van der Waals surface area contributed by atoms with Crippen molar-refractivity contribution in [2.75, 3.05) is 45.9 Å². The Kier molecular flexibility index (Phi) is 6.03. The first-order valence-electron chi connectivity index (χ1n) is 7.54. The molecule has 0 saturated carbocycles. The molecule has 0 spiro atoms. The number of nitrogens with zero attached hydrogens (tertiary/aromatic N) is 2. The van der Waals surface area contributed by atoms with Gasteiger partial charge in [-0.15, -0.1) is 0 Å².